The number of Topliss-reactive ketones (excluding diaryl/α,β-unsaturated/α-hetero) is 1. The van der Waals surface area contributed by atoms with Gasteiger partial charge in [0.15, 0.2) is 5.78 Å². The van der Waals surface area contributed by atoms with Crippen LogP contribution in [0, 0.1) is 0 Å². The predicted octanol–water partition coefficient (Wildman–Crippen LogP) is 2.36. The van der Waals surface area contributed by atoms with E-state index in [9.17, 15) is 4.79 Å². The minimum atomic E-state index is 0.207. The number of aromatic nitrogens is 2. The zero-order chi connectivity index (χ0) is 13.4. The molecule has 4 heteroatoms. The first-order valence-electron chi connectivity index (χ1n) is 6.97. The number of rotatable bonds is 9. The molecular formula is C14H25N3O. The van der Waals surface area contributed by atoms with Crippen LogP contribution in [-0.2, 0) is 11.2 Å². The lowest BCUT2D eigenvalue weighted by atomic mass is 10.2. The Labute approximate surface area is 110 Å². The van der Waals surface area contributed by atoms with Crippen LogP contribution in [0.2, 0.25) is 0 Å². The van der Waals surface area contributed by atoms with E-state index < -0.39 is 0 Å². The van der Waals surface area contributed by atoms with Crippen LogP contribution >= 0.6 is 0 Å². The Hall–Kier alpha value is -1.16. The second-order valence-electron chi connectivity index (χ2n) is 4.65. The number of hydrogen-bond donors (Lipinski definition) is 1. The van der Waals surface area contributed by atoms with Crippen molar-refractivity contribution in [2.24, 2.45) is 0 Å². The standard InChI is InChI=1S/C14H25N3O/c1-4-8-15-11-14(18)10-12-7-9-17(16-12)13(5-2)6-3/h7,9,13,15H,4-6,8,10-11H2,1-3H3. The summed E-state index contributed by atoms with van der Waals surface area (Å²) in [4.78, 5) is 11.7. The molecule has 102 valence electrons. The third-order valence-corrected chi connectivity index (χ3v) is 3.11. The molecule has 0 saturated heterocycles. The highest BCUT2D eigenvalue weighted by molar-refractivity contribution is 5.82. The molecular weight excluding hydrogens is 226 g/mol. The summed E-state index contributed by atoms with van der Waals surface area (Å²) in [6.07, 6.45) is 5.62. The topological polar surface area (TPSA) is 46.9 Å². The third-order valence-electron chi connectivity index (χ3n) is 3.11. The van der Waals surface area contributed by atoms with Gasteiger partial charge in [0.25, 0.3) is 0 Å². The summed E-state index contributed by atoms with van der Waals surface area (Å²) in [7, 11) is 0. The maximum Gasteiger partial charge on any atom is 0.152 e. The van der Waals surface area contributed by atoms with E-state index in [0.717, 1.165) is 31.5 Å². The molecule has 18 heavy (non-hydrogen) atoms. The molecule has 1 aromatic rings. The van der Waals surface area contributed by atoms with E-state index in [1.54, 1.807) is 0 Å². The summed E-state index contributed by atoms with van der Waals surface area (Å²) in [6.45, 7) is 7.76. The Morgan fingerprint density at radius 3 is 2.72 bits per heavy atom. The van der Waals surface area contributed by atoms with E-state index in [1.165, 1.54) is 0 Å². The average molecular weight is 251 g/mol. The van der Waals surface area contributed by atoms with Gasteiger partial charge in [0.2, 0.25) is 0 Å². The van der Waals surface area contributed by atoms with Gasteiger partial charge in [0.1, 0.15) is 0 Å². The van der Waals surface area contributed by atoms with Crippen LogP contribution in [0.25, 0.3) is 0 Å². The Kier molecular flexibility index (Phi) is 6.65. The van der Waals surface area contributed by atoms with Gasteiger partial charge in [-0.1, -0.05) is 20.8 Å². The van der Waals surface area contributed by atoms with Gasteiger partial charge in [0, 0.05) is 6.20 Å². The largest absolute Gasteiger partial charge is 0.310 e. The summed E-state index contributed by atoms with van der Waals surface area (Å²) in [5.41, 5.74) is 0.880. The molecule has 0 aromatic carbocycles. The van der Waals surface area contributed by atoms with Crippen LogP contribution in [0.1, 0.15) is 51.8 Å². The van der Waals surface area contributed by atoms with Crippen molar-refractivity contribution in [3.05, 3.63) is 18.0 Å². The van der Waals surface area contributed by atoms with Gasteiger partial charge in [-0.05, 0) is 31.9 Å². The summed E-state index contributed by atoms with van der Waals surface area (Å²) in [6, 6.07) is 2.41. The molecule has 0 fully saturated rings. The fourth-order valence-electron chi connectivity index (χ4n) is 2.01. The zero-order valence-electron chi connectivity index (χ0n) is 11.8. The van der Waals surface area contributed by atoms with Crippen molar-refractivity contribution in [3.63, 3.8) is 0 Å². The van der Waals surface area contributed by atoms with Gasteiger partial charge >= 0.3 is 0 Å². The Morgan fingerprint density at radius 1 is 1.39 bits per heavy atom. The Bertz CT molecular complexity index is 356. The zero-order valence-corrected chi connectivity index (χ0v) is 11.8. The lowest BCUT2D eigenvalue weighted by Gasteiger charge is -2.12. The van der Waals surface area contributed by atoms with Gasteiger partial charge < -0.3 is 5.32 Å². The molecule has 0 unspecified atom stereocenters. The van der Waals surface area contributed by atoms with Crippen molar-refractivity contribution in [1.82, 2.24) is 15.1 Å². The van der Waals surface area contributed by atoms with Gasteiger partial charge in [0.05, 0.1) is 24.7 Å². The summed E-state index contributed by atoms with van der Waals surface area (Å²) in [5.74, 6) is 0.207. The van der Waals surface area contributed by atoms with Crippen molar-refractivity contribution in [2.75, 3.05) is 13.1 Å². The van der Waals surface area contributed by atoms with Crippen LogP contribution < -0.4 is 5.32 Å². The minimum Gasteiger partial charge on any atom is -0.310 e. The number of nitrogens with one attached hydrogen (secondary N) is 1. The van der Waals surface area contributed by atoms with Crippen molar-refractivity contribution >= 4 is 5.78 Å². The number of ketones is 1. The SMILES string of the molecule is CCCNCC(=O)Cc1ccn(C(CC)CC)n1. The molecule has 0 saturated carbocycles. The molecule has 0 aliphatic rings. The van der Waals surface area contributed by atoms with E-state index in [0.29, 0.717) is 19.0 Å². The molecule has 0 atom stereocenters. The van der Waals surface area contributed by atoms with Crippen LogP contribution in [0.4, 0.5) is 0 Å². The highest BCUT2D eigenvalue weighted by Gasteiger charge is 2.10. The fraction of sp³-hybridized carbons (Fsp3) is 0.714. The van der Waals surface area contributed by atoms with E-state index in [2.05, 4.69) is 31.2 Å². The average Bonchev–Trinajstić information content (AvgIpc) is 2.79. The van der Waals surface area contributed by atoms with Crippen molar-refractivity contribution in [2.45, 2.75) is 52.5 Å². The van der Waals surface area contributed by atoms with E-state index >= 15 is 0 Å². The van der Waals surface area contributed by atoms with E-state index in [4.69, 9.17) is 0 Å². The Balaban J connectivity index is 2.45. The maximum absolute atomic E-state index is 11.7. The summed E-state index contributed by atoms with van der Waals surface area (Å²) in [5, 5.41) is 7.61. The molecule has 0 amide bonds. The molecule has 0 aliphatic heterocycles. The van der Waals surface area contributed by atoms with Gasteiger partial charge in [-0.3, -0.25) is 9.48 Å². The molecule has 0 spiro atoms. The normalized spacial score (nSPS) is 11.1. The lowest BCUT2D eigenvalue weighted by molar-refractivity contribution is -0.117. The number of hydrogen-bond acceptors (Lipinski definition) is 3. The first kappa shape index (κ1) is 14.9. The van der Waals surface area contributed by atoms with Crippen LogP contribution in [0.3, 0.4) is 0 Å². The second kappa shape index (κ2) is 8.03. The van der Waals surface area contributed by atoms with Gasteiger partial charge in [-0.25, -0.2) is 0 Å². The molecule has 0 bridgehead atoms. The molecule has 1 N–H and O–H groups in total. The first-order chi connectivity index (χ1) is 8.71. The van der Waals surface area contributed by atoms with Crippen LogP contribution in [0.15, 0.2) is 12.3 Å². The number of carbonyl (C=O) groups excluding carboxylic acids is 1. The Morgan fingerprint density at radius 2 is 2.11 bits per heavy atom. The highest BCUT2D eigenvalue weighted by atomic mass is 16.1. The third kappa shape index (κ3) is 4.61. The molecule has 1 heterocycles. The smallest absolute Gasteiger partial charge is 0.152 e. The molecule has 0 aliphatic carbocycles. The van der Waals surface area contributed by atoms with Crippen molar-refractivity contribution in [1.29, 1.82) is 0 Å². The molecule has 1 rings (SSSR count). The minimum absolute atomic E-state index is 0.207. The summed E-state index contributed by atoms with van der Waals surface area (Å²) < 4.78 is 1.99. The van der Waals surface area contributed by atoms with Crippen LogP contribution in [0.5, 0.6) is 0 Å². The molecule has 0 radical (unpaired) electrons. The lowest BCUT2D eigenvalue weighted by Crippen LogP contribution is -2.25. The van der Waals surface area contributed by atoms with Crippen molar-refractivity contribution in [3.8, 4) is 0 Å². The van der Waals surface area contributed by atoms with Gasteiger partial charge in [-0.15, -0.1) is 0 Å². The van der Waals surface area contributed by atoms with Gasteiger partial charge in [-0.2, -0.15) is 5.10 Å². The molecule has 4 nitrogen and oxygen atoms in total. The summed E-state index contributed by atoms with van der Waals surface area (Å²) >= 11 is 0. The fourth-order valence-corrected chi connectivity index (χ4v) is 2.01. The first-order valence-corrected chi connectivity index (χ1v) is 6.97. The van der Waals surface area contributed by atoms with Crippen molar-refractivity contribution < 1.29 is 4.79 Å². The maximum atomic E-state index is 11.7. The number of nitrogens with zero attached hydrogens (tertiary/aromatic N) is 2. The monoisotopic (exact) mass is 251 g/mol. The van der Waals surface area contributed by atoms with E-state index in [1.807, 2.05) is 16.9 Å². The highest BCUT2D eigenvalue weighted by Crippen LogP contribution is 2.14. The number of carbonyl (C=O) groups is 1. The second-order valence-corrected chi connectivity index (χ2v) is 4.65. The van der Waals surface area contributed by atoms with Crippen LogP contribution in [-0.4, -0.2) is 28.7 Å². The quantitative estimate of drug-likeness (QED) is 0.685. The predicted molar refractivity (Wildman–Crippen MR) is 73.7 cm³/mol. The molecule has 1 aromatic heterocycles. The van der Waals surface area contributed by atoms with E-state index in [-0.39, 0.29) is 5.78 Å².